The van der Waals surface area contributed by atoms with Crippen molar-refractivity contribution in [3.63, 3.8) is 0 Å². The molecule has 0 bridgehead atoms. The molecule has 1 spiro atoms. The predicted octanol–water partition coefficient (Wildman–Crippen LogP) is 1.75. The van der Waals surface area contributed by atoms with E-state index in [1.807, 2.05) is 14.0 Å². The number of carbonyl (C=O) groups is 1. The van der Waals surface area contributed by atoms with E-state index in [4.69, 9.17) is 5.73 Å². The molecule has 2 rings (SSSR count). The van der Waals surface area contributed by atoms with Crippen LogP contribution in [0, 0.1) is 11.3 Å². The lowest BCUT2D eigenvalue weighted by molar-refractivity contribution is -0.120. The molecule has 3 heteroatoms. The number of hydrogen-bond acceptors (Lipinski definition) is 2. The maximum atomic E-state index is 11.1. The van der Waals surface area contributed by atoms with Crippen LogP contribution in [0.5, 0.6) is 0 Å². The summed E-state index contributed by atoms with van der Waals surface area (Å²) in [6.07, 6.45) is 7.78. The van der Waals surface area contributed by atoms with Crippen molar-refractivity contribution in [3.05, 3.63) is 23.3 Å². The first-order valence-corrected chi connectivity index (χ1v) is 6.39. The Hall–Kier alpha value is -1.09. The maximum absolute atomic E-state index is 11.1. The second-order valence-electron chi connectivity index (χ2n) is 5.29. The standard InChI is InChI=1S/C14H22N2O/c1-4-11-10(7-9(2)13(15)17)5-6-14(11)8-12(14)16-3/h4,7,9,12,16H,5-6,8H2,1-3H3,(H2,15,17)/b10-7-,11-4+. The molecule has 0 aromatic carbocycles. The van der Waals surface area contributed by atoms with Crippen LogP contribution < -0.4 is 11.1 Å². The normalized spacial score (nSPS) is 37.9. The van der Waals surface area contributed by atoms with Crippen molar-refractivity contribution in [3.8, 4) is 0 Å². The summed E-state index contributed by atoms with van der Waals surface area (Å²) in [6, 6.07) is 0.614. The molecule has 1 amide bonds. The molecule has 0 aromatic heterocycles. The van der Waals surface area contributed by atoms with Crippen LogP contribution in [0.1, 0.15) is 33.1 Å². The fourth-order valence-electron chi connectivity index (χ4n) is 3.23. The second kappa shape index (κ2) is 4.30. The average molecular weight is 234 g/mol. The Bertz CT molecular complexity index is 397. The van der Waals surface area contributed by atoms with Gasteiger partial charge in [-0.1, -0.05) is 19.1 Å². The van der Waals surface area contributed by atoms with Gasteiger partial charge in [0.15, 0.2) is 0 Å². The summed E-state index contributed by atoms with van der Waals surface area (Å²) in [4.78, 5) is 11.1. The van der Waals surface area contributed by atoms with Crippen molar-refractivity contribution >= 4 is 5.91 Å². The monoisotopic (exact) mass is 234 g/mol. The second-order valence-corrected chi connectivity index (χ2v) is 5.29. The number of allylic oxidation sites excluding steroid dienone is 2. The van der Waals surface area contributed by atoms with Crippen molar-refractivity contribution in [1.29, 1.82) is 0 Å². The first-order chi connectivity index (χ1) is 8.05. The molecule has 2 aliphatic carbocycles. The van der Waals surface area contributed by atoms with Gasteiger partial charge in [-0.15, -0.1) is 0 Å². The number of nitrogens with two attached hydrogens (primary N) is 1. The molecular weight excluding hydrogens is 212 g/mol. The van der Waals surface area contributed by atoms with Crippen molar-refractivity contribution in [2.45, 2.75) is 39.2 Å². The van der Waals surface area contributed by atoms with Gasteiger partial charge in [0.25, 0.3) is 0 Å². The molecule has 2 saturated carbocycles. The molecule has 0 radical (unpaired) electrons. The summed E-state index contributed by atoms with van der Waals surface area (Å²) in [7, 11) is 2.03. The topological polar surface area (TPSA) is 55.1 Å². The SMILES string of the molecule is C/C=C1\C(=C/C(C)C(N)=O)CCC12CC2NC. The predicted molar refractivity (Wildman–Crippen MR) is 69.3 cm³/mol. The Labute approximate surface area is 103 Å². The van der Waals surface area contributed by atoms with Crippen LogP contribution in [-0.4, -0.2) is 19.0 Å². The van der Waals surface area contributed by atoms with E-state index in [1.54, 1.807) is 0 Å². The first kappa shape index (κ1) is 12.4. The molecule has 3 unspecified atom stereocenters. The number of carbonyl (C=O) groups excluding carboxylic acids is 1. The molecule has 0 aliphatic heterocycles. The van der Waals surface area contributed by atoms with E-state index in [2.05, 4.69) is 24.4 Å². The number of rotatable bonds is 3. The zero-order chi connectivity index (χ0) is 12.6. The highest BCUT2D eigenvalue weighted by Crippen LogP contribution is 2.62. The van der Waals surface area contributed by atoms with Gasteiger partial charge in [-0.05, 0) is 44.4 Å². The smallest absolute Gasteiger partial charge is 0.224 e. The van der Waals surface area contributed by atoms with E-state index >= 15 is 0 Å². The van der Waals surface area contributed by atoms with Gasteiger partial charge in [-0.2, -0.15) is 0 Å². The van der Waals surface area contributed by atoms with Crippen LogP contribution in [0.3, 0.4) is 0 Å². The van der Waals surface area contributed by atoms with Gasteiger partial charge in [0, 0.05) is 11.5 Å². The minimum atomic E-state index is -0.241. The van der Waals surface area contributed by atoms with Crippen LogP contribution in [0.15, 0.2) is 23.3 Å². The number of nitrogens with one attached hydrogen (secondary N) is 1. The summed E-state index contributed by atoms with van der Waals surface area (Å²) < 4.78 is 0. The van der Waals surface area contributed by atoms with E-state index in [0.29, 0.717) is 11.5 Å². The largest absolute Gasteiger partial charge is 0.369 e. The number of amides is 1. The zero-order valence-electron chi connectivity index (χ0n) is 10.9. The lowest BCUT2D eigenvalue weighted by atomic mass is 9.95. The lowest BCUT2D eigenvalue weighted by Crippen LogP contribution is -2.19. The summed E-state index contributed by atoms with van der Waals surface area (Å²) >= 11 is 0. The Morgan fingerprint density at radius 3 is 2.82 bits per heavy atom. The Balaban J connectivity index is 2.21. The summed E-state index contributed by atoms with van der Waals surface area (Å²) in [5.74, 6) is -0.406. The summed E-state index contributed by atoms with van der Waals surface area (Å²) in [5.41, 5.74) is 8.44. The van der Waals surface area contributed by atoms with Gasteiger partial charge in [0.1, 0.15) is 0 Å². The Morgan fingerprint density at radius 2 is 2.35 bits per heavy atom. The van der Waals surface area contributed by atoms with Crippen molar-refractivity contribution in [1.82, 2.24) is 5.32 Å². The van der Waals surface area contributed by atoms with Crippen LogP contribution in [0.25, 0.3) is 0 Å². The number of hydrogen-bond donors (Lipinski definition) is 2. The number of primary amides is 1. The van der Waals surface area contributed by atoms with E-state index < -0.39 is 0 Å². The maximum Gasteiger partial charge on any atom is 0.224 e. The highest BCUT2D eigenvalue weighted by Gasteiger charge is 2.58. The van der Waals surface area contributed by atoms with E-state index in [-0.39, 0.29) is 11.8 Å². The molecule has 3 N–H and O–H groups in total. The highest BCUT2D eigenvalue weighted by molar-refractivity contribution is 5.78. The van der Waals surface area contributed by atoms with Gasteiger partial charge in [-0.3, -0.25) is 4.79 Å². The Kier molecular flexibility index (Phi) is 3.13. The zero-order valence-corrected chi connectivity index (χ0v) is 10.9. The molecule has 0 heterocycles. The molecular formula is C14H22N2O. The third kappa shape index (κ3) is 1.93. The first-order valence-electron chi connectivity index (χ1n) is 6.39. The van der Waals surface area contributed by atoms with Crippen LogP contribution in [0.4, 0.5) is 0 Å². The summed E-state index contributed by atoms with van der Waals surface area (Å²) in [6.45, 7) is 3.96. The molecule has 2 fully saturated rings. The van der Waals surface area contributed by atoms with Crippen LogP contribution >= 0.6 is 0 Å². The molecule has 94 valence electrons. The quantitative estimate of drug-likeness (QED) is 0.781. The van der Waals surface area contributed by atoms with Gasteiger partial charge >= 0.3 is 0 Å². The van der Waals surface area contributed by atoms with Crippen molar-refractivity contribution < 1.29 is 4.79 Å². The van der Waals surface area contributed by atoms with E-state index in [9.17, 15) is 4.79 Å². The molecule has 2 aliphatic rings. The van der Waals surface area contributed by atoms with E-state index in [0.717, 1.165) is 6.42 Å². The summed E-state index contributed by atoms with van der Waals surface area (Å²) in [5, 5.41) is 3.37. The molecule has 0 aromatic rings. The van der Waals surface area contributed by atoms with E-state index in [1.165, 1.54) is 24.0 Å². The lowest BCUT2D eigenvalue weighted by Gasteiger charge is -2.12. The Morgan fingerprint density at radius 1 is 1.65 bits per heavy atom. The van der Waals surface area contributed by atoms with Crippen LogP contribution in [0.2, 0.25) is 0 Å². The molecule has 3 atom stereocenters. The van der Waals surface area contributed by atoms with Gasteiger partial charge < -0.3 is 11.1 Å². The third-order valence-electron chi connectivity index (χ3n) is 4.34. The third-order valence-corrected chi connectivity index (χ3v) is 4.34. The fraction of sp³-hybridized carbons (Fsp3) is 0.643. The fourth-order valence-corrected chi connectivity index (χ4v) is 3.23. The van der Waals surface area contributed by atoms with Crippen molar-refractivity contribution in [2.24, 2.45) is 17.1 Å². The molecule has 17 heavy (non-hydrogen) atoms. The minimum absolute atomic E-state index is 0.165. The van der Waals surface area contributed by atoms with Gasteiger partial charge in [0.05, 0.1) is 5.92 Å². The van der Waals surface area contributed by atoms with Crippen LogP contribution in [-0.2, 0) is 4.79 Å². The molecule has 0 saturated heterocycles. The molecule has 3 nitrogen and oxygen atoms in total. The minimum Gasteiger partial charge on any atom is -0.369 e. The average Bonchev–Trinajstić information content (AvgIpc) is 2.89. The van der Waals surface area contributed by atoms with Crippen molar-refractivity contribution in [2.75, 3.05) is 7.05 Å². The highest BCUT2D eigenvalue weighted by atomic mass is 16.1. The van der Waals surface area contributed by atoms with Gasteiger partial charge in [0.2, 0.25) is 5.91 Å². The van der Waals surface area contributed by atoms with Gasteiger partial charge in [-0.25, -0.2) is 0 Å².